The van der Waals surface area contributed by atoms with Crippen molar-refractivity contribution in [2.45, 2.75) is 32.1 Å². The third-order valence-electron chi connectivity index (χ3n) is 5.43. The van der Waals surface area contributed by atoms with Gasteiger partial charge in [-0.25, -0.2) is 22.0 Å². The molecule has 0 atom stereocenters. The molecule has 0 aliphatic heterocycles. The first kappa shape index (κ1) is 34.3. The summed E-state index contributed by atoms with van der Waals surface area (Å²) in [7, 11) is -3.60. The molecule has 12 heteroatoms. The van der Waals surface area contributed by atoms with E-state index in [9.17, 15) is 22.0 Å². The van der Waals surface area contributed by atoms with Crippen LogP contribution in [-0.4, -0.2) is 79.6 Å². The molecule has 0 aromatic heterocycles. The van der Waals surface area contributed by atoms with Gasteiger partial charge in [-0.1, -0.05) is 0 Å². The van der Waals surface area contributed by atoms with E-state index in [1.54, 1.807) is 6.92 Å². The van der Waals surface area contributed by atoms with Crippen LogP contribution < -0.4 is 4.74 Å². The van der Waals surface area contributed by atoms with Gasteiger partial charge in [0.15, 0.2) is 27.2 Å². The molecule has 0 radical (unpaired) electrons. The van der Waals surface area contributed by atoms with E-state index in [1.165, 1.54) is 37.3 Å². The SMILES string of the molecule is CCOCCOCCOCCOCCCS(=O)(=O)c1ccc(Oc2c(F)cc(/C=C(\C)C(=O)OCC)cc2F)cc1. The molecule has 0 fully saturated rings. The summed E-state index contributed by atoms with van der Waals surface area (Å²) in [5.74, 6) is -3.29. The van der Waals surface area contributed by atoms with Gasteiger partial charge in [0.25, 0.3) is 0 Å². The first-order valence-electron chi connectivity index (χ1n) is 13.3. The second kappa shape index (κ2) is 18.5. The van der Waals surface area contributed by atoms with Crippen molar-refractivity contribution in [3.8, 4) is 11.5 Å². The first-order chi connectivity index (χ1) is 19.7. The van der Waals surface area contributed by atoms with Crippen LogP contribution in [0.2, 0.25) is 0 Å². The topological polar surface area (TPSA) is 107 Å². The predicted molar refractivity (Wildman–Crippen MR) is 149 cm³/mol. The van der Waals surface area contributed by atoms with Crippen LogP contribution in [0.25, 0.3) is 6.08 Å². The lowest BCUT2D eigenvalue weighted by atomic mass is 10.1. The number of benzene rings is 2. The molecule has 0 saturated heterocycles. The van der Waals surface area contributed by atoms with Gasteiger partial charge >= 0.3 is 5.97 Å². The Balaban J connectivity index is 1.78. The van der Waals surface area contributed by atoms with Gasteiger partial charge in [0.1, 0.15) is 5.75 Å². The molecule has 0 unspecified atom stereocenters. The van der Waals surface area contributed by atoms with Crippen LogP contribution in [0.3, 0.4) is 0 Å². The van der Waals surface area contributed by atoms with Crippen LogP contribution in [0.15, 0.2) is 46.9 Å². The lowest BCUT2D eigenvalue weighted by Gasteiger charge is -2.10. The van der Waals surface area contributed by atoms with Crippen molar-refractivity contribution in [2.75, 3.05) is 65.2 Å². The Bertz CT molecular complexity index is 1190. The number of carbonyl (C=O) groups is 1. The molecule has 2 aromatic carbocycles. The number of sulfone groups is 1. The summed E-state index contributed by atoms with van der Waals surface area (Å²) >= 11 is 0. The minimum absolute atomic E-state index is 0.0494. The third-order valence-corrected chi connectivity index (χ3v) is 7.24. The molecule has 41 heavy (non-hydrogen) atoms. The maximum atomic E-state index is 14.6. The lowest BCUT2D eigenvalue weighted by Crippen LogP contribution is -2.13. The molecule has 228 valence electrons. The van der Waals surface area contributed by atoms with Crippen LogP contribution in [0.1, 0.15) is 32.8 Å². The van der Waals surface area contributed by atoms with Crippen molar-refractivity contribution < 1.29 is 50.4 Å². The summed E-state index contributed by atoms with van der Waals surface area (Å²) in [6, 6.07) is 7.30. The minimum Gasteiger partial charge on any atom is -0.463 e. The van der Waals surface area contributed by atoms with Crippen LogP contribution in [0.5, 0.6) is 11.5 Å². The van der Waals surface area contributed by atoms with Gasteiger partial charge in [-0.3, -0.25) is 0 Å². The number of ether oxygens (including phenoxy) is 6. The van der Waals surface area contributed by atoms with Crippen LogP contribution in [0.4, 0.5) is 8.78 Å². The number of halogens is 2. The van der Waals surface area contributed by atoms with E-state index in [2.05, 4.69) is 0 Å². The van der Waals surface area contributed by atoms with Gasteiger partial charge in [0, 0.05) is 18.8 Å². The number of esters is 1. The molecule has 2 rings (SSSR count). The summed E-state index contributed by atoms with van der Waals surface area (Å²) in [6.45, 7) is 8.79. The Morgan fingerprint density at radius 1 is 0.805 bits per heavy atom. The van der Waals surface area contributed by atoms with Gasteiger partial charge in [0.05, 0.1) is 56.9 Å². The Kier molecular flexibility index (Phi) is 15.5. The smallest absolute Gasteiger partial charge is 0.333 e. The van der Waals surface area contributed by atoms with E-state index >= 15 is 0 Å². The zero-order valence-electron chi connectivity index (χ0n) is 23.7. The summed E-state index contributed by atoms with van der Waals surface area (Å²) < 4.78 is 85.9. The predicted octanol–water partition coefficient (Wildman–Crippen LogP) is 4.97. The second-order valence-electron chi connectivity index (χ2n) is 8.64. The summed E-state index contributed by atoms with van der Waals surface area (Å²) in [5, 5.41) is 0. The fraction of sp³-hybridized carbons (Fsp3) is 0.483. The molecule has 0 N–H and O–H groups in total. The highest BCUT2D eigenvalue weighted by atomic mass is 32.2. The number of hydrogen-bond donors (Lipinski definition) is 0. The molecule has 2 aromatic rings. The number of carbonyl (C=O) groups excluding carboxylic acids is 1. The molecule has 0 bridgehead atoms. The summed E-state index contributed by atoms with van der Waals surface area (Å²) in [5.41, 5.74) is 0.303. The largest absolute Gasteiger partial charge is 0.463 e. The van der Waals surface area contributed by atoms with Gasteiger partial charge in [-0.15, -0.1) is 0 Å². The molecule has 0 amide bonds. The minimum atomic E-state index is -3.60. The van der Waals surface area contributed by atoms with Crippen LogP contribution in [-0.2, 0) is 38.3 Å². The molecule has 0 aliphatic carbocycles. The van der Waals surface area contributed by atoms with E-state index in [0.29, 0.717) is 46.2 Å². The molecule has 0 aliphatic rings. The lowest BCUT2D eigenvalue weighted by molar-refractivity contribution is -0.138. The van der Waals surface area contributed by atoms with Crippen molar-refractivity contribution in [1.29, 1.82) is 0 Å². The first-order valence-corrected chi connectivity index (χ1v) is 15.0. The van der Waals surface area contributed by atoms with Crippen molar-refractivity contribution in [1.82, 2.24) is 0 Å². The average Bonchev–Trinajstić information content (AvgIpc) is 2.93. The van der Waals surface area contributed by atoms with Crippen molar-refractivity contribution in [2.24, 2.45) is 0 Å². The van der Waals surface area contributed by atoms with E-state index in [4.69, 9.17) is 28.4 Å². The molecular formula is C29H38F2O9S. The summed E-state index contributed by atoms with van der Waals surface area (Å²) in [6.07, 6.45) is 1.59. The van der Waals surface area contributed by atoms with E-state index in [0.717, 1.165) is 12.1 Å². The molecule has 0 saturated carbocycles. The van der Waals surface area contributed by atoms with Gasteiger partial charge in [-0.2, -0.15) is 0 Å². The highest BCUT2D eigenvalue weighted by Gasteiger charge is 2.17. The maximum Gasteiger partial charge on any atom is 0.333 e. The quantitative estimate of drug-likeness (QED) is 0.118. The average molecular weight is 601 g/mol. The zero-order valence-corrected chi connectivity index (χ0v) is 24.5. The van der Waals surface area contributed by atoms with E-state index in [-0.39, 0.29) is 47.2 Å². The highest BCUT2D eigenvalue weighted by molar-refractivity contribution is 7.91. The molecular weight excluding hydrogens is 562 g/mol. The molecule has 0 spiro atoms. The summed E-state index contributed by atoms with van der Waals surface area (Å²) in [4.78, 5) is 11.8. The van der Waals surface area contributed by atoms with Crippen molar-refractivity contribution >= 4 is 21.9 Å². The van der Waals surface area contributed by atoms with Crippen LogP contribution in [0, 0.1) is 11.6 Å². The fourth-order valence-corrected chi connectivity index (χ4v) is 4.70. The van der Waals surface area contributed by atoms with E-state index < -0.39 is 33.2 Å². The standard InChI is InChI=1S/C29H38F2O9S/c1-4-35-12-13-37-16-17-38-15-14-36-11-6-18-41(33,34)25-9-7-24(8-10-25)40-28-26(30)20-23(21-27(28)31)19-22(3)29(32)39-5-2/h7-10,19-21H,4-6,11-18H2,1-3H3/b22-19+. The molecule has 0 heterocycles. The van der Waals surface area contributed by atoms with E-state index in [1.807, 2.05) is 6.92 Å². The fourth-order valence-electron chi connectivity index (χ4n) is 3.42. The van der Waals surface area contributed by atoms with Gasteiger partial charge in [0.2, 0.25) is 0 Å². The zero-order chi connectivity index (χ0) is 30.1. The normalized spacial score (nSPS) is 12.0. The van der Waals surface area contributed by atoms with Gasteiger partial charge < -0.3 is 28.4 Å². The highest BCUT2D eigenvalue weighted by Crippen LogP contribution is 2.30. The molecule has 9 nitrogen and oxygen atoms in total. The van der Waals surface area contributed by atoms with Crippen LogP contribution >= 0.6 is 0 Å². The van der Waals surface area contributed by atoms with Crippen molar-refractivity contribution in [3.05, 3.63) is 59.2 Å². The Morgan fingerprint density at radius 3 is 1.88 bits per heavy atom. The monoisotopic (exact) mass is 600 g/mol. The third kappa shape index (κ3) is 12.7. The van der Waals surface area contributed by atoms with Crippen molar-refractivity contribution in [3.63, 3.8) is 0 Å². The second-order valence-corrected chi connectivity index (χ2v) is 10.8. The Morgan fingerprint density at radius 2 is 1.34 bits per heavy atom. The Labute approximate surface area is 240 Å². The maximum absolute atomic E-state index is 14.6. The Hall–Kier alpha value is -2.90. The number of rotatable bonds is 20. The van der Waals surface area contributed by atoms with Gasteiger partial charge in [-0.05, 0) is 75.2 Å². The number of hydrogen-bond acceptors (Lipinski definition) is 9.